The Labute approximate surface area is 96.2 Å². The molecule has 1 aliphatic rings. The van der Waals surface area contributed by atoms with Gasteiger partial charge in [-0.2, -0.15) is 5.26 Å². The van der Waals surface area contributed by atoms with E-state index in [0.29, 0.717) is 0 Å². The van der Waals surface area contributed by atoms with Crippen molar-refractivity contribution in [3.8, 4) is 11.8 Å². The molecule has 1 aromatic carbocycles. The molecule has 3 nitrogen and oxygen atoms in total. The molecule has 1 atom stereocenters. The molecule has 1 unspecified atom stereocenters. The lowest BCUT2D eigenvalue weighted by Crippen LogP contribution is -2.27. The van der Waals surface area contributed by atoms with E-state index in [2.05, 4.69) is 23.1 Å². The lowest BCUT2D eigenvalue weighted by atomic mass is 10.2. The fraction of sp³-hybridized carbons (Fsp3) is 0.462. The molecule has 0 bridgehead atoms. The van der Waals surface area contributed by atoms with Crippen LogP contribution in [0.5, 0.6) is 5.75 Å². The first-order valence-electron chi connectivity index (χ1n) is 5.60. The van der Waals surface area contributed by atoms with Gasteiger partial charge in [0.15, 0.2) is 0 Å². The van der Waals surface area contributed by atoms with Crippen LogP contribution in [0.25, 0.3) is 0 Å². The molecular formula is C13H16N2O. The van der Waals surface area contributed by atoms with Gasteiger partial charge in [-0.3, -0.25) is 4.90 Å². The highest BCUT2D eigenvalue weighted by molar-refractivity contribution is 5.27. The first kappa shape index (κ1) is 11.0. The molecule has 1 aromatic rings. The summed E-state index contributed by atoms with van der Waals surface area (Å²) in [7, 11) is 1.67. The van der Waals surface area contributed by atoms with Crippen LogP contribution in [-0.4, -0.2) is 24.6 Å². The molecule has 0 N–H and O–H groups in total. The van der Waals surface area contributed by atoms with Gasteiger partial charge in [-0.1, -0.05) is 12.1 Å². The average molecular weight is 216 g/mol. The molecule has 0 aliphatic carbocycles. The Morgan fingerprint density at radius 3 is 2.81 bits per heavy atom. The summed E-state index contributed by atoms with van der Waals surface area (Å²) in [4.78, 5) is 2.24. The molecular weight excluding hydrogens is 200 g/mol. The lowest BCUT2D eigenvalue weighted by Gasteiger charge is -2.18. The van der Waals surface area contributed by atoms with Crippen molar-refractivity contribution in [3.05, 3.63) is 29.8 Å². The SMILES string of the molecule is COc1ccc(CN2CCCC2C#N)cc1. The maximum absolute atomic E-state index is 8.98. The molecule has 2 rings (SSSR count). The van der Waals surface area contributed by atoms with E-state index >= 15 is 0 Å². The van der Waals surface area contributed by atoms with Gasteiger partial charge in [-0.25, -0.2) is 0 Å². The summed E-state index contributed by atoms with van der Waals surface area (Å²) >= 11 is 0. The zero-order valence-corrected chi connectivity index (χ0v) is 9.52. The molecule has 0 radical (unpaired) electrons. The predicted molar refractivity (Wildman–Crippen MR) is 62.0 cm³/mol. The third-order valence-corrected chi connectivity index (χ3v) is 3.06. The monoisotopic (exact) mass is 216 g/mol. The summed E-state index contributed by atoms with van der Waals surface area (Å²) in [6, 6.07) is 10.5. The van der Waals surface area contributed by atoms with Gasteiger partial charge in [0.2, 0.25) is 0 Å². The van der Waals surface area contributed by atoms with Crippen LogP contribution in [0.15, 0.2) is 24.3 Å². The standard InChI is InChI=1S/C13H16N2O/c1-16-13-6-4-11(5-7-13)10-15-8-2-3-12(15)9-14/h4-7,12H,2-3,8,10H2,1H3. The average Bonchev–Trinajstić information content (AvgIpc) is 2.77. The number of ether oxygens (including phenoxy) is 1. The normalized spacial score (nSPS) is 20.6. The van der Waals surface area contributed by atoms with Crippen molar-refractivity contribution in [3.63, 3.8) is 0 Å². The van der Waals surface area contributed by atoms with Crippen LogP contribution < -0.4 is 4.74 Å². The fourth-order valence-electron chi connectivity index (χ4n) is 2.13. The Morgan fingerprint density at radius 1 is 1.44 bits per heavy atom. The quantitative estimate of drug-likeness (QED) is 0.777. The van der Waals surface area contributed by atoms with E-state index < -0.39 is 0 Å². The minimum atomic E-state index is 0.0992. The van der Waals surface area contributed by atoms with E-state index in [4.69, 9.17) is 10.00 Å². The molecule has 84 valence electrons. The van der Waals surface area contributed by atoms with Crippen LogP contribution in [0, 0.1) is 11.3 Å². The van der Waals surface area contributed by atoms with Crippen molar-refractivity contribution in [1.29, 1.82) is 5.26 Å². The summed E-state index contributed by atoms with van der Waals surface area (Å²) in [5.41, 5.74) is 1.24. The highest BCUT2D eigenvalue weighted by atomic mass is 16.5. The van der Waals surface area contributed by atoms with Crippen LogP contribution in [0.2, 0.25) is 0 Å². The second-order valence-electron chi connectivity index (χ2n) is 4.11. The zero-order chi connectivity index (χ0) is 11.4. The number of nitrogens with zero attached hydrogens (tertiary/aromatic N) is 2. The smallest absolute Gasteiger partial charge is 0.118 e. The molecule has 1 fully saturated rings. The van der Waals surface area contributed by atoms with Gasteiger partial charge >= 0.3 is 0 Å². The Bertz CT molecular complexity index is 380. The van der Waals surface area contributed by atoms with Gasteiger partial charge in [0, 0.05) is 6.54 Å². The minimum Gasteiger partial charge on any atom is -0.497 e. The first-order chi connectivity index (χ1) is 7.83. The van der Waals surface area contributed by atoms with Gasteiger partial charge in [0.25, 0.3) is 0 Å². The first-order valence-corrected chi connectivity index (χ1v) is 5.60. The second kappa shape index (κ2) is 5.00. The Morgan fingerprint density at radius 2 is 2.19 bits per heavy atom. The van der Waals surface area contributed by atoms with Crippen molar-refractivity contribution < 1.29 is 4.74 Å². The molecule has 16 heavy (non-hydrogen) atoms. The topological polar surface area (TPSA) is 36.3 Å². The van der Waals surface area contributed by atoms with E-state index in [1.807, 2.05) is 12.1 Å². The van der Waals surface area contributed by atoms with Crippen molar-refractivity contribution in [2.45, 2.75) is 25.4 Å². The van der Waals surface area contributed by atoms with Crippen LogP contribution in [0.3, 0.4) is 0 Å². The Balaban J connectivity index is 2.01. The number of likely N-dealkylation sites (tertiary alicyclic amines) is 1. The summed E-state index contributed by atoms with van der Waals surface area (Å²) in [6.07, 6.45) is 2.14. The van der Waals surface area contributed by atoms with Crippen LogP contribution in [0.4, 0.5) is 0 Å². The van der Waals surface area contributed by atoms with Gasteiger partial charge < -0.3 is 4.74 Å². The van der Waals surface area contributed by atoms with Crippen LogP contribution >= 0.6 is 0 Å². The van der Waals surface area contributed by atoms with Crippen molar-refractivity contribution in [2.24, 2.45) is 0 Å². The summed E-state index contributed by atoms with van der Waals surface area (Å²) < 4.78 is 5.12. The van der Waals surface area contributed by atoms with Gasteiger partial charge in [-0.05, 0) is 37.1 Å². The molecule has 1 saturated heterocycles. The number of hydrogen-bond donors (Lipinski definition) is 0. The van der Waals surface area contributed by atoms with Crippen molar-refractivity contribution in [1.82, 2.24) is 4.90 Å². The molecule has 1 aliphatic heterocycles. The minimum absolute atomic E-state index is 0.0992. The highest BCUT2D eigenvalue weighted by Gasteiger charge is 2.23. The Hall–Kier alpha value is -1.53. The number of nitriles is 1. The summed E-state index contributed by atoms with van der Waals surface area (Å²) in [6.45, 7) is 1.90. The molecule has 3 heteroatoms. The Kier molecular flexibility index (Phi) is 3.43. The fourth-order valence-corrected chi connectivity index (χ4v) is 2.13. The third-order valence-electron chi connectivity index (χ3n) is 3.06. The lowest BCUT2D eigenvalue weighted by molar-refractivity contribution is 0.286. The molecule has 0 spiro atoms. The molecule has 1 heterocycles. The molecule has 0 amide bonds. The van der Waals surface area contributed by atoms with E-state index in [1.165, 1.54) is 5.56 Å². The predicted octanol–water partition coefficient (Wildman–Crippen LogP) is 2.18. The number of hydrogen-bond acceptors (Lipinski definition) is 3. The largest absolute Gasteiger partial charge is 0.497 e. The van der Waals surface area contributed by atoms with Crippen LogP contribution in [-0.2, 0) is 6.54 Å². The molecule has 0 aromatic heterocycles. The van der Waals surface area contributed by atoms with E-state index in [9.17, 15) is 0 Å². The number of rotatable bonds is 3. The number of methoxy groups -OCH3 is 1. The summed E-state index contributed by atoms with van der Waals surface area (Å²) in [5.74, 6) is 0.877. The zero-order valence-electron chi connectivity index (χ0n) is 9.52. The van der Waals surface area contributed by atoms with E-state index in [-0.39, 0.29) is 6.04 Å². The third kappa shape index (κ3) is 2.34. The van der Waals surface area contributed by atoms with Gasteiger partial charge in [0.1, 0.15) is 5.75 Å². The van der Waals surface area contributed by atoms with Crippen molar-refractivity contribution in [2.75, 3.05) is 13.7 Å². The second-order valence-corrected chi connectivity index (χ2v) is 4.11. The number of benzene rings is 1. The highest BCUT2D eigenvalue weighted by Crippen LogP contribution is 2.20. The van der Waals surface area contributed by atoms with Gasteiger partial charge in [-0.15, -0.1) is 0 Å². The van der Waals surface area contributed by atoms with Crippen LogP contribution in [0.1, 0.15) is 18.4 Å². The van der Waals surface area contributed by atoms with E-state index in [0.717, 1.165) is 31.7 Å². The van der Waals surface area contributed by atoms with E-state index in [1.54, 1.807) is 7.11 Å². The van der Waals surface area contributed by atoms with Gasteiger partial charge in [0.05, 0.1) is 19.2 Å². The maximum Gasteiger partial charge on any atom is 0.118 e. The molecule has 0 saturated carbocycles. The van der Waals surface area contributed by atoms with Crippen molar-refractivity contribution >= 4 is 0 Å². The summed E-state index contributed by atoms with van der Waals surface area (Å²) in [5, 5.41) is 8.98. The maximum atomic E-state index is 8.98.